The van der Waals surface area contributed by atoms with Gasteiger partial charge in [0.2, 0.25) is 0 Å². The predicted molar refractivity (Wildman–Crippen MR) is 317 cm³/mol. The van der Waals surface area contributed by atoms with E-state index in [2.05, 4.69) is 268 Å². The van der Waals surface area contributed by atoms with Gasteiger partial charge in [-0.25, -0.2) is 0 Å². The molecule has 0 aliphatic carbocycles. The van der Waals surface area contributed by atoms with Crippen LogP contribution in [0.5, 0.6) is 0 Å². The molecule has 12 aromatic rings. The number of halogens is 2. The molecule has 11 nitrogen and oxygen atoms in total. The molecule has 77 heavy (non-hydrogen) atoms. The van der Waals surface area contributed by atoms with Crippen LogP contribution in [0.3, 0.4) is 0 Å². The van der Waals surface area contributed by atoms with Crippen LogP contribution in [-0.2, 0) is 30.7 Å². The van der Waals surface area contributed by atoms with Gasteiger partial charge in [0.15, 0.2) is 21.7 Å². The van der Waals surface area contributed by atoms with Gasteiger partial charge in [0.25, 0.3) is 0 Å². The Morgan fingerprint density at radius 3 is 1.29 bits per heavy atom. The smallest absolute Gasteiger partial charge is 0.196 e. The first kappa shape index (κ1) is 50.2. The lowest BCUT2D eigenvalue weighted by Crippen LogP contribution is -2.12. The number of hydrogen-bond donors (Lipinski definition) is 0. The van der Waals surface area contributed by atoms with Crippen molar-refractivity contribution >= 4 is 75.2 Å². The van der Waals surface area contributed by atoms with E-state index in [0.717, 1.165) is 71.7 Å². The Bertz CT molecular complexity index is 3750. The lowest BCUT2D eigenvalue weighted by Gasteiger charge is -2.17. The van der Waals surface area contributed by atoms with Crippen molar-refractivity contribution in [2.45, 2.75) is 88.3 Å². The summed E-state index contributed by atoms with van der Waals surface area (Å²) in [6.45, 7) is 6.12. The zero-order valence-corrected chi connectivity index (χ0v) is 46.4. The molecule has 2 atom stereocenters. The highest BCUT2D eigenvalue weighted by Gasteiger charge is 2.27. The molecule has 0 fully saturated rings. The van der Waals surface area contributed by atoms with Gasteiger partial charge in [-0.15, -0.1) is 10.2 Å². The maximum atomic E-state index is 6.52. The first-order valence-electron chi connectivity index (χ1n) is 26.8. The first-order chi connectivity index (χ1) is 37.9. The van der Waals surface area contributed by atoms with Gasteiger partial charge < -0.3 is 13.9 Å². The van der Waals surface area contributed by atoms with E-state index >= 15 is 0 Å². The number of tetrazole rings is 2. The number of aryl methyl sites for hydroxylation is 2. The van der Waals surface area contributed by atoms with Crippen molar-refractivity contribution < 1.29 is 4.74 Å². The number of unbranched alkanes of at least 4 members (excludes halogenated alkanes) is 4. The number of ether oxygens (including phenoxy) is 1. The fourth-order valence-electron chi connectivity index (χ4n) is 11.2. The van der Waals surface area contributed by atoms with E-state index in [-0.39, 0.29) is 0 Å². The molecule has 0 saturated carbocycles. The van der Waals surface area contributed by atoms with Crippen molar-refractivity contribution in [1.82, 2.24) is 49.5 Å². The number of aromatic nitrogens is 10. The summed E-state index contributed by atoms with van der Waals surface area (Å²) in [4.78, 5) is 0. The van der Waals surface area contributed by atoms with E-state index < -0.39 is 10.0 Å². The lowest BCUT2D eigenvalue weighted by molar-refractivity contribution is 0.0878. The monoisotopic (exact) mass is 1140 g/mol. The molecule has 0 aliphatic rings. The van der Waals surface area contributed by atoms with Gasteiger partial charge in [0.05, 0.1) is 22.8 Å². The fraction of sp³-hybridized carbons (Fsp3) is 0.219. The van der Waals surface area contributed by atoms with E-state index in [1.165, 1.54) is 92.3 Å². The summed E-state index contributed by atoms with van der Waals surface area (Å²) in [5.41, 5.74) is 14.5. The van der Waals surface area contributed by atoms with E-state index in [1.807, 2.05) is 0 Å². The van der Waals surface area contributed by atoms with Gasteiger partial charge >= 0.3 is 0 Å². The van der Waals surface area contributed by atoms with Gasteiger partial charge in [-0.1, -0.05) is 173 Å². The third kappa shape index (κ3) is 10.2. The highest BCUT2D eigenvalue weighted by Crippen LogP contribution is 2.40. The molecule has 4 heterocycles. The normalized spacial score (nSPS) is 12.6. The first-order valence-corrected chi connectivity index (χ1v) is 28.6. The number of benzene rings is 8. The zero-order valence-electron chi connectivity index (χ0n) is 43.2. The summed E-state index contributed by atoms with van der Waals surface area (Å²) in [6.07, 6.45) is 9.11. The Morgan fingerprint density at radius 2 is 0.844 bits per heavy atom. The molecule has 4 aromatic heterocycles. The number of nitrogens with zero attached hydrogens (tertiary/aromatic N) is 10. The van der Waals surface area contributed by atoms with Crippen molar-refractivity contribution in [3.8, 4) is 33.9 Å². The Hall–Kier alpha value is -7.58. The van der Waals surface area contributed by atoms with Crippen LogP contribution in [0, 0.1) is 0 Å². The quantitative estimate of drug-likeness (QED) is 0.0553. The number of fused-ring (bicyclic) bond motifs is 4. The Balaban J connectivity index is 0.799. The molecule has 0 radical (unpaired) electrons. The van der Waals surface area contributed by atoms with Crippen LogP contribution < -0.4 is 0 Å². The summed E-state index contributed by atoms with van der Waals surface area (Å²) in [5.74, 6) is 0.925. The van der Waals surface area contributed by atoms with E-state index in [4.69, 9.17) is 4.74 Å². The molecule has 8 aromatic carbocycles. The molecule has 13 heteroatoms. The van der Waals surface area contributed by atoms with Gasteiger partial charge in [-0.05, 0) is 182 Å². The Kier molecular flexibility index (Phi) is 14.7. The Labute approximate surface area is 464 Å². The highest BCUT2D eigenvalue weighted by molar-refractivity contribution is 9.09. The van der Waals surface area contributed by atoms with Crippen LogP contribution in [0.25, 0.3) is 77.2 Å². The Morgan fingerprint density at radius 1 is 0.442 bits per heavy atom. The minimum atomic E-state index is -0.734. The molecule has 384 valence electrons. The third-order valence-corrected chi connectivity index (χ3v) is 16.1. The lowest BCUT2D eigenvalue weighted by atomic mass is 9.98. The van der Waals surface area contributed by atoms with E-state index in [9.17, 15) is 0 Å². The van der Waals surface area contributed by atoms with Crippen molar-refractivity contribution in [3.05, 3.63) is 216 Å². The van der Waals surface area contributed by atoms with Crippen molar-refractivity contribution in [1.29, 1.82) is 0 Å². The predicted octanol–water partition coefficient (Wildman–Crippen LogP) is 16.3. The molecule has 0 N–H and O–H groups in total. The van der Waals surface area contributed by atoms with E-state index in [0.29, 0.717) is 11.6 Å². The highest BCUT2D eigenvalue weighted by atomic mass is 79.9. The summed E-state index contributed by atoms with van der Waals surface area (Å²) in [5, 5.41) is 31.5. The third-order valence-electron chi connectivity index (χ3n) is 14.9. The van der Waals surface area contributed by atoms with Gasteiger partial charge in [-0.3, -0.25) is 0 Å². The summed E-state index contributed by atoms with van der Waals surface area (Å²) in [6, 6.07) is 65.5. The van der Waals surface area contributed by atoms with Gasteiger partial charge in [-0.2, -0.15) is 9.36 Å². The molecule has 12 rings (SSSR count). The summed E-state index contributed by atoms with van der Waals surface area (Å²) in [7, 11) is 0. The van der Waals surface area contributed by atoms with Crippen molar-refractivity contribution in [2.75, 3.05) is 0 Å². The van der Waals surface area contributed by atoms with Crippen molar-refractivity contribution in [3.63, 3.8) is 0 Å². The molecule has 0 aliphatic heterocycles. The molecule has 0 amide bonds. The van der Waals surface area contributed by atoms with Crippen LogP contribution in [0.1, 0.15) is 96.3 Å². The summed E-state index contributed by atoms with van der Waals surface area (Å²) < 4.78 is 14.9. The minimum absolute atomic E-state index is 0.462. The SMILES string of the molecule is CCCCCc1c(-c2ccc3cc(-n4nnnc4C(Br)OC(Br)c4nnnn4-c4ccc5cc(-c6c(CCCCC)c7ccccc7n6Cc6ccccc6)ccc5c4)ccc3c2)n(Cc2ccccc2)c2ccccc12. The molecule has 0 bridgehead atoms. The van der Waals surface area contributed by atoms with Crippen LogP contribution >= 0.6 is 31.9 Å². The van der Waals surface area contributed by atoms with E-state index in [1.54, 1.807) is 9.36 Å². The zero-order chi connectivity index (χ0) is 52.2. The molecular formula is C64H58Br2N10O. The average Bonchev–Trinajstić information content (AvgIpc) is 4.31. The number of hydrogen-bond acceptors (Lipinski definition) is 7. The molecule has 2 unspecified atom stereocenters. The van der Waals surface area contributed by atoms with Gasteiger partial charge in [0, 0.05) is 34.9 Å². The minimum Gasteiger partial charge on any atom is -0.336 e. The number of rotatable bonds is 20. The second kappa shape index (κ2) is 22.6. The second-order valence-electron chi connectivity index (χ2n) is 19.9. The standard InChI is InChI=1S/C64H58Br2N10O/c1-3-5-9-25-55-53-23-15-17-27-57(53)73(41-43-19-11-7-12-20-43)59(55)49-31-29-47-39-51(35-33-45(47)37-49)75-63(67-69-71-75)61(65)77-62(66)64-68-70-72-76(64)52-36-34-46-38-50(32-30-48(46)40-52)60-56(26-10-6-4-2)54-24-16-18-28-58(54)74(60)42-44-21-13-8-14-22-44/h7-8,11-24,27-40,61-62H,3-6,9-10,25-26,41-42H2,1-2H3. The van der Waals surface area contributed by atoms with Gasteiger partial charge in [0.1, 0.15) is 0 Å². The fourth-order valence-corrected chi connectivity index (χ4v) is 12.5. The molecule has 0 spiro atoms. The largest absolute Gasteiger partial charge is 0.336 e. The van der Waals surface area contributed by atoms with Crippen LogP contribution in [-0.4, -0.2) is 49.5 Å². The second-order valence-corrected chi connectivity index (χ2v) is 21.6. The molecule has 0 saturated heterocycles. The topological polar surface area (TPSA) is 106 Å². The van der Waals surface area contributed by atoms with Crippen LogP contribution in [0.2, 0.25) is 0 Å². The summed E-state index contributed by atoms with van der Waals surface area (Å²) >= 11 is 7.51. The average molecular weight is 1140 g/mol. The number of para-hydroxylation sites is 2. The molecular weight excluding hydrogens is 1080 g/mol. The van der Waals surface area contributed by atoms with Crippen LogP contribution in [0.4, 0.5) is 0 Å². The maximum absolute atomic E-state index is 6.52. The van der Waals surface area contributed by atoms with Crippen LogP contribution in [0.15, 0.2) is 182 Å². The number of alkyl halides is 2. The maximum Gasteiger partial charge on any atom is 0.196 e. The van der Waals surface area contributed by atoms with Crippen molar-refractivity contribution in [2.24, 2.45) is 0 Å².